The number of benzene rings is 2. The highest BCUT2D eigenvalue weighted by atomic mass is 35.5. The van der Waals surface area contributed by atoms with E-state index in [2.05, 4.69) is 10.4 Å². The molecule has 1 aromatic heterocycles. The SMILES string of the molecule is Cc1ccc(C)c(-n2[nH]c(C(=O)NC(CC(=O)O)c3ccc(Cl)c(Cl)c3)cc2=O)c1. The molecule has 3 rings (SSSR count). The molecular weight excluding hydrogens is 429 g/mol. The minimum absolute atomic E-state index is 0.0105. The van der Waals surface area contributed by atoms with Crippen LogP contribution in [0.25, 0.3) is 5.69 Å². The zero-order valence-corrected chi connectivity index (χ0v) is 17.7. The minimum Gasteiger partial charge on any atom is -0.481 e. The van der Waals surface area contributed by atoms with Crippen LogP contribution in [-0.4, -0.2) is 26.8 Å². The molecule has 0 aliphatic carbocycles. The molecular formula is C21H19Cl2N3O4. The number of halogens is 2. The molecule has 7 nitrogen and oxygen atoms in total. The van der Waals surface area contributed by atoms with Gasteiger partial charge >= 0.3 is 5.97 Å². The zero-order valence-electron chi connectivity index (χ0n) is 16.2. The van der Waals surface area contributed by atoms with Crippen LogP contribution in [0.15, 0.2) is 47.3 Å². The first-order chi connectivity index (χ1) is 14.2. The number of rotatable bonds is 6. The molecule has 156 valence electrons. The Kier molecular flexibility index (Phi) is 6.34. The van der Waals surface area contributed by atoms with Crippen LogP contribution in [0.2, 0.25) is 10.0 Å². The first kappa shape index (κ1) is 21.7. The van der Waals surface area contributed by atoms with Crippen LogP contribution in [0.5, 0.6) is 0 Å². The summed E-state index contributed by atoms with van der Waals surface area (Å²) in [6, 6.07) is 10.6. The quantitative estimate of drug-likeness (QED) is 0.530. The van der Waals surface area contributed by atoms with Crippen LogP contribution >= 0.6 is 23.2 Å². The molecule has 2 aromatic carbocycles. The number of carbonyl (C=O) groups excluding carboxylic acids is 1. The lowest BCUT2D eigenvalue weighted by Gasteiger charge is -2.17. The first-order valence-corrected chi connectivity index (χ1v) is 9.78. The lowest BCUT2D eigenvalue weighted by Crippen LogP contribution is -2.30. The van der Waals surface area contributed by atoms with Crippen molar-refractivity contribution in [3.63, 3.8) is 0 Å². The molecule has 3 aromatic rings. The van der Waals surface area contributed by atoms with Gasteiger partial charge in [-0.2, -0.15) is 0 Å². The van der Waals surface area contributed by atoms with Gasteiger partial charge < -0.3 is 10.4 Å². The number of aromatic nitrogens is 2. The van der Waals surface area contributed by atoms with Gasteiger partial charge in [-0.15, -0.1) is 0 Å². The molecule has 0 aliphatic heterocycles. The van der Waals surface area contributed by atoms with Gasteiger partial charge in [0.25, 0.3) is 11.5 Å². The highest BCUT2D eigenvalue weighted by Crippen LogP contribution is 2.27. The maximum Gasteiger partial charge on any atom is 0.305 e. The van der Waals surface area contributed by atoms with E-state index in [9.17, 15) is 19.5 Å². The van der Waals surface area contributed by atoms with Crippen LogP contribution in [-0.2, 0) is 4.79 Å². The molecule has 1 heterocycles. The second-order valence-electron chi connectivity index (χ2n) is 6.93. The van der Waals surface area contributed by atoms with Crippen molar-refractivity contribution in [3.8, 4) is 5.69 Å². The van der Waals surface area contributed by atoms with Crippen LogP contribution in [0.1, 0.15) is 39.6 Å². The Morgan fingerprint density at radius 3 is 2.50 bits per heavy atom. The number of H-pyrrole nitrogens is 1. The van der Waals surface area contributed by atoms with Crippen LogP contribution in [0, 0.1) is 13.8 Å². The van der Waals surface area contributed by atoms with Crippen molar-refractivity contribution >= 4 is 35.1 Å². The Balaban J connectivity index is 1.91. The number of aryl methyl sites for hydroxylation is 2. The molecule has 0 aliphatic rings. The van der Waals surface area contributed by atoms with Gasteiger partial charge in [-0.3, -0.25) is 19.5 Å². The van der Waals surface area contributed by atoms with Crippen molar-refractivity contribution in [1.29, 1.82) is 0 Å². The predicted molar refractivity (Wildman–Crippen MR) is 115 cm³/mol. The van der Waals surface area contributed by atoms with Gasteiger partial charge in [0.05, 0.1) is 28.2 Å². The standard InChI is InChI=1S/C21H19Cl2N3O4/c1-11-3-4-12(2)18(7-11)26-19(27)9-17(25-26)21(30)24-16(10-20(28)29)13-5-6-14(22)15(23)8-13/h3-9,16,25H,10H2,1-2H3,(H,24,30)(H,28,29). The summed E-state index contributed by atoms with van der Waals surface area (Å²) < 4.78 is 1.28. The van der Waals surface area contributed by atoms with Gasteiger partial charge in [-0.1, -0.05) is 41.4 Å². The molecule has 9 heteroatoms. The molecule has 0 saturated carbocycles. The second kappa shape index (κ2) is 8.77. The van der Waals surface area contributed by atoms with E-state index in [1.54, 1.807) is 6.07 Å². The van der Waals surface area contributed by atoms with Gasteiger partial charge in [0.2, 0.25) is 0 Å². The third-order valence-electron chi connectivity index (χ3n) is 4.60. The summed E-state index contributed by atoms with van der Waals surface area (Å²) in [6.07, 6.45) is -0.369. The maximum absolute atomic E-state index is 12.8. The largest absolute Gasteiger partial charge is 0.481 e. The molecule has 1 unspecified atom stereocenters. The molecule has 0 radical (unpaired) electrons. The fourth-order valence-corrected chi connectivity index (χ4v) is 3.35. The third kappa shape index (κ3) is 4.75. The van der Waals surface area contributed by atoms with Gasteiger partial charge in [0.1, 0.15) is 5.69 Å². The summed E-state index contributed by atoms with van der Waals surface area (Å²) in [5.41, 5.74) is 2.54. The Labute approximate surface area is 182 Å². The van der Waals surface area contributed by atoms with Gasteiger partial charge in [0.15, 0.2) is 0 Å². The lowest BCUT2D eigenvalue weighted by atomic mass is 10.0. The van der Waals surface area contributed by atoms with Crippen molar-refractivity contribution < 1.29 is 14.7 Å². The Bertz CT molecular complexity index is 1180. The average molecular weight is 448 g/mol. The van der Waals surface area contributed by atoms with Crippen LogP contribution in [0.3, 0.4) is 0 Å². The molecule has 0 spiro atoms. The topological polar surface area (TPSA) is 104 Å². The Morgan fingerprint density at radius 2 is 1.83 bits per heavy atom. The number of carbonyl (C=O) groups is 2. The van der Waals surface area contributed by atoms with Crippen molar-refractivity contribution in [2.24, 2.45) is 0 Å². The van der Waals surface area contributed by atoms with E-state index in [1.807, 2.05) is 32.0 Å². The molecule has 0 fully saturated rings. The fourth-order valence-electron chi connectivity index (χ4n) is 3.04. The number of carboxylic acid groups (broad SMARTS) is 1. The van der Waals surface area contributed by atoms with E-state index in [0.29, 0.717) is 16.3 Å². The smallest absolute Gasteiger partial charge is 0.305 e. The number of nitrogens with zero attached hydrogens (tertiary/aromatic N) is 1. The van der Waals surface area contributed by atoms with E-state index < -0.39 is 23.5 Å². The van der Waals surface area contributed by atoms with Crippen molar-refractivity contribution in [2.75, 3.05) is 0 Å². The van der Waals surface area contributed by atoms with Crippen LogP contribution in [0.4, 0.5) is 0 Å². The first-order valence-electron chi connectivity index (χ1n) is 9.03. The number of nitrogens with one attached hydrogen (secondary N) is 2. The van der Waals surface area contributed by atoms with Crippen LogP contribution < -0.4 is 10.9 Å². The Morgan fingerprint density at radius 1 is 1.10 bits per heavy atom. The summed E-state index contributed by atoms with van der Waals surface area (Å²) in [5, 5.41) is 15.2. The zero-order chi connectivity index (χ0) is 22.0. The monoisotopic (exact) mass is 447 g/mol. The summed E-state index contributed by atoms with van der Waals surface area (Å²) in [5.74, 6) is -1.72. The minimum atomic E-state index is -1.10. The number of amides is 1. The predicted octanol–water partition coefficient (Wildman–Crippen LogP) is 4.04. The molecule has 0 bridgehead atoms. The van der Waals surface area contributed by atoms with E-state index in [1.165, 1.54) is 22.9 Å². The Hall–Kier alpha value is -3.03. The average Bonchev–Trinajstić information content (AvgIpc) is 3.06. The molecule has 1 amide bonds. The summed E-state index contributed by atoms with van der Waals surface area (Å²) in [6.45, 7) is 3.76. The summed E-state index contributed by atoms with van der Waals surface area (Å²) >= 11 is 11.9. The highest BCUT2D eigenvalue weighted by molar-refractivity contribution is 6.42. The number of aliphatic carboxylic acids is 1. The number of carboxylic acids is 1. The van der Waals surface area contributed by atoms with E-state index in [4.69, 9.17) is 23.2 Å². The second-order valence-corrected chi connectivity index (χ2v) is 7.75. The van der Waals surface area contributed by atoms with E-state index in [-0.39, 0.29) is 17.1 Å². The molecule has 0 saturated heterocycles. The fraction of sp³-hybridized carbons (Fsp3) is 0.190. The van der Waals surface area contributed by atoms with E-state index >= 15 is 0 Å². The number of aromatic amines is 1. The summed E-state index contributed by atoms with van der Waals surface area (Å²) in [7, 11) is 0. The van der Waals surface area contributed by atoms with Gasteiger partial charge in [0, 0.05) is 6.07 Å². The van der Waals surface area contributed by atoms with Crippen molar-refractivity contribution in [2.45, 2.75) is 26.3 Å². The van der Waals surface area contributed by atoms with E-state index in [0.717, 1.165) is 11.1 Å². The van der Waals surface area contributed by atoms with Crippen molar-refractivity contribution in [3.05, 3.63) is 85.2 Å². The van der Waals surface area contributed by atoms with Crippen molar-refractivity contribution in [1.82, 2.24) is 15.1 Å². The van der Waals surface area contributed by atoms with Gasteiger partial charge in [-0.05, 0) is 48.7 Å². The third-order valence-corrected chi connectivity index (χ3v) is 5.34. The molecule has 30 heavy (non-hydrogen) atoms. The molecule has 1 atom stereocenters. The lowest BCUT2D eigenvalue weighted by molar-refractivity contribution is -0.137. The highest BCUT2D eigenvalue weighted by Gasteiger charge is 2.22. The van der Waals surface area contributed by atoms with Gasteiger partial charge in [-0.25, -0.2) is 4.68 Å². The maximum atomic E-state index is 12.8. The molecule has 3 N–H and O–H groups in total. The number of hydrogen-bond acceptors (Lipinski definition) is 3. The summed E-state index contributed by atoms with van der Waals surface area (Å²) in [4.78, 5) is 36.5. The normalized spacial score (nSPS) is 11.9. The number of hydrogen-bond donors (Lipinski definition) is 3.